The van der Waals surface area contributed by atoms with E-state index in [1.54, 1.807) is 6.07 Å². The van der Waals surface area contributed by atoms with Crippen LogP contribution in [0.1, 0.15) is 12.0 Å². The SMILES string of the molecule is O=C(O)CCc1coc(Cl)c1. The number of aryl methyl sites for hydroxylation is 1. The molecule has 0 aliphatic heterocycles. The van der Waals surface area contributed by atoms with Crippen molar-refractivity contribution in [2.75, 3.05) is 0 Å². The molecule has 60 valence electrons. The zero-order chi connectivity index (χ0) is 8.27. The average molecular weight is 175 g/mol. The number of hydrogen-bond acceptors (Lipinski definition) is 2. The Bertz CT molecular complexity index is 254. The molecule has 0 unspecified atom stereocenters. The van der Waals surface area contributed by atoms with Crippen molar-refractivity contribution in [1.82, 2.24) is 0 Å². The minimum Gasteiger partial charge on any atom is -0.481 e. The van der Waals surface area contributed by atoms with E-state index in [0.29, 0.717) is 11.6 Å². The Morgan fingerprint density at radius 2 is 2.45 bits per heavy atom. The predicted octanol–water partition coefficient (Wildman–Crippen LogP) is 1.95. The third-order valence-corrected chi connectivity index (χ3v) is 1.45. The molecule has 11 heavy (non-hydrogen) atoms. The Labute approximate surface area is 68.6 Å². The van der Waals surface area contributed by atoms with E-state index in [4.69, 9.17) is 21.1 Å². The molecule has 1 aromatic heterocycles. The van der Waals surface area contributed by atoms with E-state index in [2.05, 4.69) is 0 Å². The summed E-state index contributed by atoms with van der Waals surface area (Å²) in [5, 5.41) is 8.61. The van der Waals surface area contributed by atoms with Crippen molar-refractivity contribution >= 4 is 17.6 Å². The third kappa shape index (κ3) is 2.63. The van der Waals surface area contributed by atoms with Gasteiger partial charge >= 0.3 is 5.97 Å². The lowest BCUT2D eigenvalue weighted by atomic mass is 10.2. The fraction of sp³-hybridized carbons (Fsp3) is 0.286. The van der Waals surface area contributed by atoms with E-state index in [-0.39, 0.29) is 6.42 Å². The standard InChI is InChI=1S/C7H7ClO3/c8-6-3-5(4-11-6)1-2-7(9)10/h3-4H,1-2H2,(H,9,10). The molecular formula is C7H7ClO3. The quantitative estimate of drug-likeness (QED) is 0.762. The third-order valence-electron chi connectivity index (χ3n) is 1.25. The monoisotopic (exact) mass is 174 g/mol. The molecule has 0 atom stereocenters. The molecule has 0 aromatic carbocycles. The molecule has 0 aliphatic rings. The minimum atomic E-state index is -0.817. The van der Waals surface area contributed by atoms with Crippen molar-refractivity contribution in [3.8, 4) is 0 Å². The van der Waals surface area contributed by atoms with Crippen molar-refractivity contribution in [2.24, 2.45) is 0 Å². The largest absolute Gasteiger partial charge is 0.481 e. The van der Waals surface area contributed by atoms with Crippen LogP contribution in [0.3, 0.4) is 0 Å². The van der Waals surface area contributed by atoms with Crippen LogP contribution in [0.4, 0.5) is 0 Å². The van der Waals surface area contributed by atoms with Crippen molar-refractivity contribution in [2.45, 2.75) is 12.8 Å². The number of carboxylic acids is 1. The van der Waals surface area contributed by atoms with Gasteiger partial charge in [0.1, 0.15) is 0 Å². The van der Waals surface area contributed by atoms with E-state index in [1.807, 2.05) is 0 Å². The zero-order valence-electron chi connectivity index (χ0n) is 5.71. The Kier molecular flexibility index (Phi) is 2.54. The smallest absolute Gasteiger partial charge is 0.303 e. The highest BCUT2D eigenvalue weighted by molar-refractivity contribution is 6.28. The average Bonchev–Trinajstić information content (AvgIpc) is 2.31. The first-order valence-electron chi connectivity index (χ1n) is 3.13. The Balaban J connectivity index is 2.45. The summed E-state index contributed by atoms with van der Waals surface area (Å²) in [5.74, 6) is -0.817. The maximum Gasteiger partial charge on any atom is 0.303 e. The first-order chi connectivity index (χ1) is 5.18. The van der Waals surface area contributed by atoms with Crippen LogP contribution in [0.5, 0.6) is 0 Å². The highest BCUT2D eigenvalue weighted by Crippen LogP contribution is 2.14. The minimum absolute atomic E-state index is 0.107. The van der Waals surface area contributed by atoms with Gasteiger partial charge in [-0.05, 0) is 29.7 Å². The molecule has 1 N–H and O–H groups in total. The first kappa shape index (κ1) is 8.14. The van der Waals surface area contributed by atoms with Crippen LogP contribution in [-0.4, -0.2) is 11.1 Å². The van der Waals surface area contributed by atoms with E-state index >= 15 is 0 Å². The number of hydrogen-bond donors (Lipinski definition) is 1. The number of carboxylic acid groups (broad SMARTS) is 1. The second-order valence-corrected chi connectivity index (χ2v) is 2.53. The maximum absolute atomic E-state index is 10.1. The van der Waals surface area contributed by atoms with Gasteiger partial charge in [0, 0.05) is 6.42 Å². The summed E-state index contributed by atoms with van der Waals surface area (Å²) in [6, 6.07) is 1.62. The molecule has 0 radical (unpaired) electrons. The molecule has 1 heterocycles. The fourth-order valence-corrected chi connectivity index (χ4v) is 0.913. The van der Waals surface area contributed by atoms with Crippen LogP contribution in [-0.2, 0) is 11.2 Å². The molecule has 0 saturated carbocycles. The molecule has 3 nitrogen and oxygen atoms in total. The summed E-state index contributed by atoms with van der Waals surface area (Å²) in [5.41, 5.74) is 0.817. The number of carbonyl (C=O) groups is 1. The lowest BCUT2D eigenvalue weighted by Gasteiger charge is -1.88. The van der Waals surface area contributed by atoms with Crippen LogP contribution in [0.25, 0.3) is 0 Å². The lowest BCUT2D eigenvalue weighted by molar-refractivity contribution is -0.136. The van der Waals surface area contributed by atoms with Gasteiger partial charge in [-0.25, -0.2) is 0 Å². The molecule has 0 bridgehead atoms. The van der Waals surface area contributed by atoms with Crippen molar-refractivity contribution in [3.63, 3.8) is 0 Å². The van der Waals surface area contributed by atoms with Gasteiger partial charge in [0.2, 0.25) is 0 Å². The van der Waals surface area contributed by atoms with Gasteiger partial charge in [0.05, 0.1) is 6.26 Å². The van der Waals surface area contributed by atoms with E-state index in [0.717, 1.165) is 5.56 Å². The van der Waals surface area contributed by atoms with Gasteiger partial charge in [-0.3, -0.25) is 4.79 Å². The Hall–Kier alpha value is -0.960. The van der Waals surface area contributed by atoms with Crippen LogP contribution < -0.4 is 0 Å². The highest BCUT2D eigenvalue weighted by atomic mass is 35.5. The van der Waals surface area contributed by atoms with Crippen LogP contribution in [0, 0.1) is 0 Å². The fourth-order valence-electron chi connectivity index (χ4n) is 0.728. The second kappa shape index (κ2) is 3.44. The molecule has 0 spiro atoms. The summed E-state index contributed by atoms with van der Waals surface area (Å²) in [6.45, 7) is 0. The van der Waals surface area contributed by atoms with Crippen LogP contribution in [0.15, 0.2) is 16.7 Å². The Morgan fingerprint density at radius 3 is 2.91 bits per heavy atom. The van der Waals surface area contributed by atoms with Gasteiger partial charge in [-0.2, -0.15) is 0 Å². The van der Waals surface area contributed by atoms with Crippen molar-refractivity contribution < 1.29 is 14.3 Å². The molecule has 0 saturated heterocycles. The van der Waals surface area contributed by atoms with Crippen molar-refractivity contribution in [3.05, 3.63) is 23.1 Å². The van der Waals surface area contributed by atoms with Gasteiger partial charge < -0.3 is 9.52 Å². The lowest BCUT2D eigenvalue weighted by Crippen LogP contribution is -1.95. The second-order valence-electron chi connectivity index (χ2n) is 2.15. The van der Waals surface area contributed by atoms with Gasteiger partial charge in [-0.1, -0.05) is 0 Å². The van der Waals surface area contributed by atoms with Crippen LogP contribution in [0.2, 0.25) is 5.22 Å². The van der Waals surface area contributed by atoms with Crippen molar-refractivity contribution in [1.29, 1.82) is 0 Å². The van der Waals surface area contributed by atoms with Gasteiger partial charge in [0.25, 0.3) is 0 Å². The zero-order valence-corrected chi connectivity index (χ0v) is 6.47. The van der Waals surface area contributed by atoms with E-state index in [9.17, 15) is 4.79 Å². The Morgan fingerprint density at radius 1 is 1.73 bits per heavy atom. The molecule has 1 rings (SSSR count). The summed E-state index contributed by atoms with van der Waals surface area (Å²) >= 11 is 5.46. The number of halogens is 1. The highest BCUT2D eigenvalue weighted by Gasteiger charge is 2.01. The topological polar surface area (TPSA) is 50.4 Å². The normalized spacial score (nSPS) is 9.91. The van der Waals surface area contributed by atoms with E-state index < -0.39 is 5.97 Å². The summed E-state index contributed by atoms with van der Waals surface area (Å²) in [7, 11) is 0. The summed E-state index contributed by atoms with van der Waals surface area (Å²) < 4.78 is 4.77. The van der Waals surface area contributed by atoms with E-state index in [1.165, 1.54) is 6.26 Å². The number of rotatable bonds is 3. The maximum atomic E-state index is 10.1. The van der Waals surface area contributed by atoms with Gasteiger partial charge in [-0.15, -0.1) is 0 Å². The number of furan rings is 1. The molecule has 1 aromatic rings. The molecular weight excluding hydrogens is 168 g/mol. The number of aliphatic carboxylic acids is 1. The molecule has 0 amide bonds. The molecule has 4 heteroatoms. The molecule has 0 aliphatic carbocycles. The van der Waals surface area contributed by atoms with Crippen LogP contribution >= 0.6 is 11.6 Å². The predicted molar refractivity (Wildman–Crippen MR) is 39.7 cm³/mol. The van der Waals surface area contributed by atoms with Gasteiger partial charge in [0.15, 0.2) is 5.22 Å². The summed E-state index contributed by atoms with van der Waals surface area (Å²) in [4.78, 5) is 10.1. The molecule has 0 fully saturated rings. The summed E-state index contributed by atoms with van der Waals surface area (Å²) in [6.07, 6.45) is 2.03. The first-order valence-corrected chi connectivity index (χ1v) is 3.51.